The molecule has 0 fully saturated rings. The molecule has 0 aliphatic rings. The Labute approximate surface area is 138 Å². The summed E-state index contributed by atoms with van der Waals surface area (Å²) in [5, 5.41) is 3.13. The number of pyridine rings is 1. The summed E-state index contributed by atoms with van der Waals surface area (Å²) in [7, 11) is 4.01. The van der Waals surface area contributed by atoms with Gasteiger partial charge in [0.2, 0.25) is 5.91 Å². The van der Waals surface area contributed by atoms with Gasteiger partial charge >= 0.3 is 0 Å². The maximum Gasteiger partial charge on any atom is 0.224 e. The number of benzene rings is 1. The fourth-order valence-corrected chi connectivity index (χ4v) is 2.52. The minimum absolute atomic E-state index is 0.0164. The maximum atomic E-state index is 12.4. The van der Waals surface area contributed by atoms with Gasteiger partial charge in [0.25, 0.3) is 0 Å². The van der Waals surface area contributed by atoms with Gasteiger partial charge in [-0.25, -0.2) is 0 Å². The van der Waals surface area contributed by atoms with Crippen molar-refractivity contribution in [3.05, 3.63) is 59.9 Å². The normalized spacial score (nSPS) is 12.0. The summed E-state index contributed by atoms with van der Waals surface area (Å²) in [6, 6.07) is 12.0. The lowest BCUT2D eigenvalue weighted by Crippen LogP contribution is -2.32. The summed E-state index contributed by atoms with van der Waals surface area (Å²) in [6.45, 7) is 4.20. The molecule has 2 rings (SSSR count). The van der Waals surface area contributed by atoms with E-state index in [0.29, 0.717) is 12.3 Å². The summed E-state index contributed by atoms with van der Waals surface area (Å²) in [4.78, 5) is 18.6. The van der Waals surface area contributed by atoms with Crippen molar-refractivity contribution in [2.24, 2.45) is 5.92 Å². The number of hydrogen-bond acceptors (Lipinski definition) is 3. The number of carbonyl (C=O) groups excluding carboxylic acids is 1. The lowest BCUT2D eigenvalue weighted by atomic mass is 9.97. The molecule has 2 aromatic rings. The van der Waals surface area contributed by atoms with E-state index in [9.17, 15) is 4.79 Å². The molecule has 0 aliphatic carbocycles. The van der Waals surface area contributed by atoms with Crippen molar-refractivity contribution in [1.29, 1.82) is 0 Å². The number of aromatic nitrogens is 1. The summed E-state index contributed by atoms with van der Waals surface area (Å²) in [5.41, 5.74) is 3.19. The second-order valence-electron chi connectivity index (χ2n) is 6.31. The first-order chi connectivity index (χ1) is 11.0. The molecule has 1 unspecified atom stereocenters. The molecule has 0 saturated heterocycles. The number of hydrogen-bond donors (Lipinski definition) is 1. The average Bonchev–Trinajstić information content (AvgIpc) is 2.53. The van der Waals surface area contributed by atoms with Crippen LogP contribution in [-0.4, -0.2) is 25.0 Å². The zero-order chi connectivity index (χ0) is 16.8. The zero-order valence-corrected chi connectivity index (χ0v) is 14.3. The molecular weight excluding hydrogens is 286 g/mol. The molecule has 1 heterocycles. The summed E-state index contributed by atoms with van der Waals surface area (Å²) >= 11 is 0. The third-order valence-corrected chi connectivity index (χ3v) is 3.84. The van der Waals surface area contributed by atoms with Gasteiger partial charge in [-0.1, -0.05) is 32.0 Å². The van der Waals surface area contributed by atoms with Crippen molar-refractivity contribution < 1.29 is 4.79 Å². The van der Waals surface area contributed by atoms with Crippen molar-refractivity contribution >= 4 is 11.6 Å². The lowest BCUT2D eigenvalue weighted by Gasteiger charge is -2.22. The maximum absolute atomic E-state index is 12.4. The Morgan fingerprint density at radius 1 is 1.17 bits per heavy atom. The Kier molecular flexibility index (Phi) is 5.74. The predicted octanol–water partition coefficient (Wildman–Crippen LogP) is 3.20. The minimum Gasteiger partial charge on any atom is -0.378 e. The van der Waals surface area contributed by atoms with E-state index < -0.39 is 0 Å². The number of carbonyl (C=O) groups is 1. The van der Waals surface area contributed by atoms with Crippen LogP contribution < -0.4 is 10.2 Å². The standard InChI is InChI=1S/C19H25N3O/c1-14(2)19(16-6-5-11-20-13-16)21-18(23)12-15-7-9-17(10-8-15)22(3)4/h5-11,13-14,19H,12H2,1-4H3,(H,21,23). The molecule has 1 amide bonds. The number of amides is 1. The lowest BCUT2D eigenvalue weighted by molar-refractivity contribution is -0.121. The Morgan fingerprint density at radius 3 is 2.39 bits per heavy atom. The van der Waals surface area contributed by atoms with Crippen molar-refractivity contribution in [2.45, 2.75) is 26.3 Å². The van der Waals surface area contributed by atoms with E-state index in [2.05, 4.69) is 24.1 Å². The van der Waals surface area contributed by atoms with Crippen LogP contribution in [0.5, 0.6) is 0 Å². The first-order valence-electron chi connectivity index (χ1n) is 7.93. The van der Waals surface area contributed by atoms with Crippen LogP contribution in [0.1, 0.15) is 31.0 Å². The van der Waals surface area contributed by atoms with Gasteiger partial charge in [0.1, 0.15) is 0 Å². The molecule has 1 N–H and O–H groups in total. The van der Waals surface area contributed by atoms with Gasteiger partial charge < -0.3 is 10.2 Å². The molecule has 4 nitrogen and oxygen atoms in total. The highest BCUT2D eigenvalue weighted by Crippen LogP contribution is 2.21. The quantitative estimate of drug-likeness (QED) is 0.891. The molecule has 0 bridgehead atoms. The molecular formula is C19H25N3O. The Hall–Kier alpha value is -2.36. The van der Waals surface area contributed by atoms with E-state index in [-0.39, 0.29) is 11.9 Å². The number of nitrogens with zero attached hydrogens (tertiary/aromatic N) is 2. The van der Waals surface area contributed by atoms with Crippen LogP contribution in [-0.2, 0) is 11.2 Å². The minimum atomic E-state index is -0.0164. The SMILES string of the molecule is CC(C)C(NC(=O)Cc1ccc(N(C)C)cc1)c1cccnc1. The number of nitrogens with one attached hydrogen (secondary N) is 1. The van der Waals surface area contributed by atoms with Gasteiger partial charge in [-0.05, 0) is 35.2 Å². The van der Waals surface area contributed by atoms with Crippen LogP contribution in [0.15, 0.2) is 48.8 Å². The van der Waals surface area contributed by atoms with E-state index in [1.165, 1.54) is 0 Å². The van der Waals surface area contributed by atoms with Crippen LogP contribution in [0.3, 0.4) is 0 Å². The molecule has 0 spiro atoms. The smallest absolute Gasteiger partial charge is 0.224 e. The largest absolute Gasteiger partial charge is 0.378 e. The van der Waals surface area contributed by atoms with E-state index in [4.69, 9.17) is 0 Å². The topological polar surface area (TPSA) is 45.2 Å². The average molecular weight is 311 g/mol. The van der Waals surface area contributed by atoms with Gasteiger partial charge in [-0.15, -0.1) is 0 Å². The van der Waals surface area contributed by atoms with E-state index in [1.807, 2.05) is 61.6 Å². The summed E-state index contributed by atoms with van der Waals surface area (Å²) in [6.07, 6.45) is 3.95. The molecule has 1 aromatic carbocycles. The van der Waals surface area contributed by atoms with E-state index in [1.54, 1.807) is 6.20 Å². The highest BCUT2D eigenvalue weighted by molar-refractivity contribution is 5.79. The number of anilines is 1. The monoisotopic (exact) mass is 311 g/mol. The summed E-state index contributed by atoms with van der Waals surface area (Å²) in [5.74, 6) is 0.337. The Morgan fingerprint density at radius 2 is 1.87 bits per heavy atom. The molecule has 4 heteroatoms. The second-order valence-corrected chi connectivity index (χ2v) is 6.31. The molecule has 0 saturated carbocycles. The molecule has 23 heavy (non-hydrogen) atoms. The van der Waals surface area contributed by atoms with E-state index >= 15 is 0 Å². The molecule has 0 aliphatic heterocycles. The van der Waals surface area contributed by atoms with Gasteiger partial charge in [0.05, 0.1) is 12.5 Å². The second kappa shape index (κ2) is 7.77. The van der Waals surface area contributed by atoms with Crippen LogP contribution in [0, 0.1) is 5.92 Å². The number of rotatable bonds is 6. The zero-order valence-electron chi connectivity index (χ0n) is 14.3. The van der Waals surface area contributed by atoms with Crippen LogP contribution in [0.2, 0.25) is 0 Å². The highest BCUT2D eigenvalue weighted by Gasteiger charge is 2.18. The molecule has 122 valence electrons. The van der Waals surface area contributed by atoms with Crippen LogP contribution in [0.25, 0.3) is 0 Å². The Bertz CT molecular complexity index is 621. The first-order valence-corrected chi connectivity index (χ1v) is 7.93. The van der Waals surface area contributed by atoms with Crippen molar-refractivity contribution in [3.8, 4) is 0 Å². The molecule has 1 atom stereocenters. The van der Waals surface area contributed by atoms with Gasteiger partial charge in [-0.3, -0.25) is 9.78 Å². The van der Waals surface area contributed by atoms with E-state index in [0.717, 1.165) is 16.8 Å². The predicted molar refractivity (Wildman–Crippen MR) is 94.4 cm³/mol. The fraction of sp³-hybridized carbons (Fsp3) is 0.368. The molecule has 1 aromatic heterocycles. The first kappa shape index (κ1) is 17.0. The molecule has 0 radical (unpaired) electrons. The third kappa shape index (κ3) is 4.81. The van der Waals surface area contributed by atoms with Gasteiger partial charge in [-0.2, -0.15) is 0 Å². The Balaban J connectivity index is 2.02. The highest BCUT2D eigenvalue weighted by atomic mass is 16.1. The van der Waals surface area contributed by atoms with Gasteiger partial charge in [0, 0.05) is 32.2 Å². The third-order valence-electron chi connectivity index (χ3n) is 3.84. The van der Waals surface area contributed by atoms with Crippen molar-refractivity contribution in [3.63, 3.8) is 0 Å². The van der Waals surface area contributed by atoms with Crippen LogP contribution >= 0.6 is 0 Å². The van der Waals surface area contributed by atoms with Crippen molar-refractivity contribution in [1.82, 2.24) is 10.3 Å². The van der Waals surface area contributed by atoms with Crippen LogP contribution in [0.4, 0.5) is 5.69 Å². The van der Waals surface area contributed by atoms with Crippen molar-refractivity contribution in [2.75, 3.05) is 19.0 Å². The summed E-state index contributed by atoms with van der Waals surface area (Å²) < 4.78 is 0. The fourth-order valence-electron chi connectivity index (χ4n) is 2.52. The van der Waals surface area contributed by atoms with Gasteiger partial charge in [0.15, 0.2) is 0 Å².